The summed E-state index contributed by atoms with van der Waals surface area (Å²) in [5.41, 5.74) is 0.405. The minimum Gasteiger partial charge on any atom is -0.508 e. The number of phenolic OH excluding ortho intramolecular Hbond substituents is 1. The Morgan fingerprint density at radius 2 is 2.15 bits per heavy atom. The third-order valence-corrected chi connectivity index (χ3v) is 1.68. The summed E-state index contributed by atoms with van der Waals surface area (Å²) in [5, 5.41) is 9.28. The van der Waals surface area contributed by atoms with Crippen molar-refractivity contribution in [2.45, 2.75) is 20.0 Å². The molecule has 0 amide bonds. The lowest BCUT2D eigenvalue weighted by molar-refractivity contribution is -0.0505. The lowest BCUT2D eigenvalue weighted by Crippen LogP contribution is -2.04. The molecule has 0 aliphatic heterocycles. The van der Waals surface area contributed by atoms with E-state index in [9.17, 15) is 13.9 Å². The van der Waals surface area contributed by atoms with Crippen LogP contribution < -0.4 is 4.74 Å². The third-order valence-electron chi connectivity index (χ3n) is 1.68. The molecule has 0 spiro atoms. The van der Waals surface area contributed by atoms with E-state index >= 15 is 0 Å². The number of aromatic hydroxyl groups is 1. The Bertz CT molecular complexity index is 287. The van der Waals surface area contributed by atoms with Crippen molar-refractivity contribution >= 4 is 0 Å². The van der Waals surface area contributed by atoms with Crippen molar-refractivity contribution in [3.8, 4) is 11.5 Å². The Morgan fingerprint density at radius 1 is 1.46 bits per heavy atom. The highest BCUT2D eigenvalue weighted by atomic mass is 19.3. The number of hydrogen-bond acceptors (Lipinski definition) is 2. The molecule has 0 aliphatic carbocycles. The molecule has 0 heterocycles. The molecule has 0 saturated carbocycles. The topological polar surface area (TPSA) is 29.5 Å². The molecule has 0 unspecified atom stereocenters. The van der Waals surface area contributed by atoms with Gasteiger partial charge in [0.15, 0.2) is 0 Å². The Balaban J connectivity index is 2.98. The van der Waals surface area contributed by atoms with E-state index in [0.29, 0.717) is 12.0 Å². The highest BCUT2D eigenvalue weighted by molar-refractivity contribution is 5.43. The zero-order chi connectivity index (χ0) is 9.84. The summed E-state index contributed by atoms with van der Waals surface area (Å²) >= 11 is 0. The van der Waals surface area contributed by atoms with Crippen LogP contribution >= 0.6 is 0 Å². The van der Waals surface area contributed by atoms with Crippen molar-refractivity contribution in [1.29, 1.82) is 0 Å². The first-order valence-corrected chi connectivity index (χ1v) is 3.90. The maximum Gasteiger partial charge on any atom is 0.387 e. The smallest absolute Gasteiger partial charge is 0.387 e. The van der Waals surface area contributed by atoms with Crippen LogP contribution in [0, 0.1) is 0 Å². The maximum atomic E-state index is 11.9. The molecule has 0 bridgehead atoms. The van der Waals surface area contributed by atoms with Gasteiger partial charge in [-0.3, -0.25) is 0 Å². The molecule has 0 atom stereocenters. The van der Waals surface area contributed by atoms with E-state index in [1.165, 1.54) is 18.2 Å². The van der Waals surface area contributed by atoms with Crippen LogP contribution in [0.2, 0.25) is 0 Å². The van der Waals surface area contributed by atoms with Crippen LogP contribution in [0.5, 0.6) is 11.5 Å². The van der Waals surface area contributed by atoms with Gasteiger partial charge in [-0.25, -0.2) is 0 Å². The number of phenols is 1. The van der Waals surface area contributed by atoms with Crippen LogP contribution in [0.25, 0.3) is 0 Å². The Morgan fingerprint density at radius 3 is 2.69 bits per heavy atom. The fraction of sp³-hybridized carbons (Fsp3) is 0.333. The van der Waals surface area contributed by atoms with Crippen LogP contribution in [-0.4, -0.2) is 11.7 Å². The molecular weight excluding hydrogens is 178 g/mol. The minimum absolute atomic E-state index is 0.0133. The van der Waals surface area contributed by atoms with Crippen molar-refractivity contribution in [3.63, 3.8) is 0 Å². The molecule has 0 saturated heterocycles. The van der Waals surface area contributed by atoms with Gasteiger partial charge in [0.05, 0.1) is 0 Å². The standard InChI is InChI=1S/C9H10F2O2/c1-2-6-7(12)4-3-5-8(6)13-9(10)11/h3-5,9,12H,2H2,1H3. The molecule has 1 aromatic carbocycles. The molecule has 1 rings (SSSR count). The van der Waals surface area contributed by atoms with Gasteiger partial charge in [0, 0.05) is 5.56 Å². The molecule has 0 radical (unpaired) electrons. The number of alkyl halides is 2. The number of benzene rings is 1. The second-order valence-corrected chi connectivity index (χ2v) is 2.49. The van der Waals surface area contributed by atoms with Crippen LogP contribution in [0.4, 0.5) is 8.78 Å². The summed E-state index contributed by atoms with van der Waals surface area (Å²) < 4.78 is 28.0. The summed E-state index contributed by atoms with van der Waals surface area (Å²) in [6.45, 7) is -1.10. The minimum atomic E-state index is -2.85. The third kappa shape index (κ3) is 2.31. The molecule has 1 aromatic rings. The summed E-state index contributed by atoms with van der Waals surface area (Å²) in [4.78, 5) is 0. The number of rotatable bonds is 3. The largest absolute Gasteiger partial charge is 0.508 e. The van der Waals surface area contributed by atoms with Crippen molar-refractivity contribution in [1.82, 2.24) is 0 Å². The molecule has 0 aliphatic rings. The van der Waals surface area contributed by atoms with Gasteiger partial charge >= 0.3 is 6.61 Å². The maximum absolute atomic E-state index is 11.9. The van der Waals surface area contributed by atoms with Crippen molar-refractivity contribution < 1.29 is 18.6 Å². The first kappa shape index (κ1) is 9.77. The van der Waals surface area contributed by atoms with Crippen LogP contribution in [-0.2, 0) is 6.42 Å². The first-order chi connectivity index (χ1) is 6.15. The molecule has 13 heavy (non-hydrogen) atoms. The van der Waals surface area contributed by atoms with Crippen LogP contribution in [0.1, 0.15) is 12.5 Å². The fourth-order valence-corrected chi connectivity index (χ4v) is 1.12. The van der Waals surface area contributed by atoms with E-state index in [1.807, 2.05) is 0 Å². The van der Waals surface area contributed by atoms with E-state index < -0.39 is 6.61 Å². The molecule has 2 nitrogen and oxygen atoms in total. The zero-order valence-corrected chi connectivity index (χ0v) is 7.13. The van der Waals surface area contributed by atoms with E-state index in [-0.39, 0.29) is 11.5 Å². The Labute approximate surface area is 74.8 Å². The highest BCUT2D eigenvalue weighted by Gasteiger charge is 2.10. The summed E-state index contributed by atoms with van der Waals surface area (Å²) in [6.07, 6.45) is 0.453. The average Bonchev–Trinajstić information content (AvgIpc) is 2.03. The van der Waals surface area contributed by atoms with E-state index in [2.05, 4.69) is 4.74 Å². The Hall–Kier alpha value is -1.32. The van der Waals surface area contributed by atoms with Crippen molar-refractivity contribution in [2.75, 3.05) is 0 Å². The van der Waals surface area contributed by atoms with E-state index in [1.54, 1.807) is 6.92 Å². The number of ether oxygens (including phenoxy) is 1. The monoisotopic (exact) mass is 188 g/mol. The second kappa shape index (κ2) is 4.07. The predicted octanol–water partition coefficient (Wildman–Crippen LogP) is 2.56. The second-order valence-electron chi connectivity index (χ2n) is 2.49. The predicted molar refractivity (Wildman–Crippen MR) is 44.1 cm³/mol. The SMILES string of the molecule is CCc1c(O)cccc1OC(F)F. The molecule has 72 valence electrons. The highest BCUT2D eigenvalue weighted by Crippen LogP contribution is 2.28. The van der Waals surface area contributed by atoms with Gasteiger partial charge in [0.25, 0.3) is 0 Å². The van der Waals surface area contributed by atoms with E-state index in [4.69, 9.17) is 0 Å². The summed E-state index contributed by atoms with van der Waals surface area (Å²) in [5.74, 6) is 0.0261. The van der Waals surface area contributed by atoms with Crippen LogP contribution in [0.15, 0.2) is 18.2 Å². The van der Waals surface area contributed by atoms with E-state index in [0.717, 1.165) is 0 Å². The van der Waals surface area contributed by atoms with Gasteiger partial charge in [0.1, 0.15) is 11.5 Å². The van der Waals surface area contributed by atoms with Gasteiger partial charge < -0.3 is 9.84 Å². The Kier molecular flexibility index (Phi) is 3.06. The van der Waals surface area contributed by atoms with Crippen LogP contribution in [0.3, 0.4) is 0 Å². The fourth-order valence-electron chi connectivity index (χ4n) is 1.12. The zero-order valence-electron chi connectivity index (χ0n) is 7.13. The van der Waals surface area contributed by atoms with Gasteiger partial charge in [-0.1, -0.05) is 13.0 Å². The molecule has 4 heteroatoms. The lowest BCUT2D eigenvalue weighted by atomic mass is 10.1. The van der Waals surface area contributed by atoms with Crippen molar-refractivity contribution in [2.24, 2.45) is 0 Å². The first-order valence-electron chi connectivity index (χ1n) is 3.90. The quantitative estimate of drug-likeness (QED) is 0.789. The van der Waals surface area contributed by atoms with Gasteiger partial charge in [0.2, 0.25) is 0 Å². The summed E-state index contributed by atoms with van der Waals surface area (Å²) in [7, 11) is 0. The molecule has 0 fully saturated rings. The number of halogens is 2. The van der Waals surface area contributed by atoms with Gasteiger partial charge in [-0.15, -0.1) is 0 Å². The number of hydrogen-bond donors (Lipinski definition) is 1. The average molecular weight is 188 g/mol. The van der Waals surface area contributed by atoms with Gasteiger partial charge in [-0.2, -0.15) is 8.78 Å². The molecule has 1 N–H and O–H groups in total. The normalized spacial score (nSPS) is 10.5. The molecule has 0 aromatic heterocycles. The molecular formula is C9H10F2O2. The van der Waals surface area contributed by atoms with Gasteiger partial charge in [-0.05, 0) is 18.6 Å². The lowest BCUT2D eigenvalue weighted by Gasteiger charge is -2.09. The van der Waals surface area contributed by atoms with Crippen molar-refractivity contribution in [3.05, 3.63) is 23.8 Å². The summed E-state index contributed by atoms with van der Waals surface area (Å²) in [6, 6.07) is 4.31.